The Morgan fingerprint density at radius 2 is 1.64 bits per heavy atom. The Hall–Kier alpha value is -1.96. The molecule has 0 saturated carbocycles. The van der Waals surface area contributed by atoms with Gasteiger partial charge in [-0.1, -0.05) is 29.8 Å². The molecule has 25 heavy (non-hydrogen) atoms. The number of amides is 1. The van der Waals surface area contributed by atoms with Gasteiger partial charge in [0.05, 0.1) is 5.02 Å². The zero-order chi connectivity index (χ0) is 18.0. The molecule has 0 bridgehead atoms. The average molecular weight is 383 g/mol. The molecule has 2 aromatic carbocycles. The lowest BCUT2D eigenvalue weighted by Crippen LogP contribution is -2.50. The molecule has 0 aliphatic carbocycles. The molecule has 1 aliphatic heterocycles. The Kier molecular flexibility index (Phi) is 5.08. The van der Waals surface area contributed by atoms with Gasteiger partial charge in [0.1, 0.15) is 10.7 Å². The zero-order valence-corrected chi connectivity index (χ0v) is 14.8. The third kappa shape index (κ3) is 3.68. The molecule has 1 aliphatic rings. The predicted molar refractivity (Wildman–Crippen MR) is 92.5 cm³/mol. The van der Waals surface area contributed by atoms with Gasteiger partial charge in [-0.3, -0.25) is 4.79 Å². The normalized spacial score (nSPS) is 16.0. The molecule has 0 N–H and O–H groups in total. The van der Waals surface area contributed by atoms with E-state index in [2.05, 4.69) is 0 Å². The van der Waals surface area contributed by atoms with Crippen molar-refractivity contribution in [3.63, 3.8) is 0 Å². The summed E-state index contributed by atoms with van der Waals surface area (Å²) >= 11 is 5.88. The zero-order valence-electron chi connectivity index (χ0n) is 13.2. The van der Waals surface area contributed by atoms with Crippen LogP contribution in [0.4, 0.5) is 4.39 Å². The molecule has 1 heterocycles. The number of halogens is 2. The van der Waals surface area contributed by atoms with E-state index in [0.717, 1.165) is 18.2 Å². The first kappa shape index (κ1) is 17.8. The van der Waals surface area contributed by atoms with Gasteiger partial charge in [0.25, 0.3) is 5.91 Å². The Morgan fingerprint density at radius 1 is 1.00 bits per heavy atom. The van der Waals surface area contributed by atoms with Crippen LogP contribution < -0.4 is 0 Å². The van der Waals surface area contributed by atoms with Crippen LogP contribution in [-0.4, -0.2) is 49.7 Å². The standard InChI is InChI=1S/C17H16ClFN2O3S/c18-15-12-14(19)6-7-16(15)25(23,24)21-10-8-20(9-11-21)17(22)13-4-2-1-3-5-13/h1-7,12H,8-11H2. The minimum absolute atomic E-state index is 0.126. The van der Waals surface area contributed by atoms with Crippen molar-refractivity contribution in [3.8, 4) is 0 Å². The van der Waals surface area contributed by atoms with Gasteiger partial charge in [-0.25, -0.2) is 12.8 Å². The minimum Gasteiger partial charge on any atom is -0.336 e. The smallest absolute Gasteiger partial charge is 0.253 e. The van der Waals surface area contributed by atoms with Crippen molar-refractivity contribution < 1.29 is 17.6 Å². The number of sulfonamides is 1. The first-order valence-corrected chi connectivity index (χ1v) is 9.51. The highest BCUT2D eigenvalue weighted by molar-refractivity contribution is 7.89. The second kappa shape index (κ2) is 7.11. The number of rotatable bonds is 3. The van der Waals surface area contributed by atoms with Crippen molar-refractivity contribution >= 4 is 27.5 Å². The maximum absolute atomic E-state index is 13.1. The van der Waals surface area contributed by atoms with Gasteiger partial charge >= 0.3 is 0 Å². The van der Waals surface area contributed by atoms with Gasteiger partial charge in [-0.2, -0.15) is 4.31 Å². The lowest BCUT2D eigenvalue weighted by molar-refractivity contribution is 0.0698. The third-order valence-corrected chi connectivity index (χ3v) is 6.44. The summed E-state index contributed by atoms with van der Waals surface area (Å²) in [5, 5.41) is -0.150. The van der Waals surface area contributed by atoms with Crippen LogP contribution in [0.15, 0.2) is 53.4 Å². The highest BCUT2D eigenvalue weighted by Gasteiger charge is 2.31. The van der Waals surface area contributed by atoms with Gasteiger partial charge in [0.15, 0.2) is 0 Å². The van der Waals surface area contributed by atoms with Crippen molar-refractivity contribution in [2.24, 2.45) is 0 Å². The number of hydrogen-bond donors (Lipinski definition) is 0. The van der Waals surface area contributed by atoms with E-state index in [1.165, 1.54) is 4.31 Å². The summed E-state index contributed by atoms with van der Waals surface area (Å²) in [7, 11) is -3.83. The van der Waals surface area contributed by atoms with Crippen LogP contribution in [0.2, 0.25) is 5.02 Å². The van der Waals surface area contributed by atoms with E-state index >= 15 is 0 Å². The SMILES string of the molecule is O=C(c1ccccc1)N1CCN(S(=O)(=O)c2ccc(F)cc2Cl)CC1. The van der Waals surface area contributed by atoms with E-state index in [0.29, 0.717) is 5.56 Å². The van der Waals surface area contributed by atoms with Crippen molar-refractivity contribution in [2.45, 2.75) is 4.90 Å². The summed E-state index contributed by atoms with van der Waals surface area (Å²) in [6.45, 7) is 0.890. The maximum atomic E-state index is 13.1. The average Bonchev–Trinajstić information content (AvgIpc) is 2.61. The predicted octanol–water partition coefficient (Wildman–Crippen LogP) is 2.63. The lowest BCUT2D eigenvalue weighted by Gasteiger charge is -2.34. The van der Waals surface area contributed by atoms with Crippen molar-refractivity contribution in [3.05, 3.63) is 64.9 Å². The fraction of sp³-hybridized carbons (Fsp3) is 0.235. The fourth-order valence-electron chi connectivity index (χ4n) is 2.72. The lowest BCUT2D eigenvalue weighted by atomic mass is 10.2. The van der Waals surface area contributed by atoms with Gasteiger partial charge in [0, 0.05) is 31.7 Å². The van der Waals surface area contributed by atoms with Crippen LogP contribution in [0.1, 0.15) is 10.4 Å². The Labute approximate surface area is 150 Å². The summed E-state index contributed by atoms with van der Waals surface area (Å²) in [5.41, 5.74) is 0.570. The molecule has 1 saturated heterocycles. The number of nitrogens with zero attached hydrogens (tertiary/aromatic N) is 2. The van der Waals surface area contributed by atoms with Gasteiger partial charge < -0.3 is 4.90 Å². The molecular formula is C17H16ClFN2O3S. The summed E-state index contributed by atoms with van der Waals surface area (Å²) in [6, 6.07) is 12.0. The van der Waals surface area contributed by atoms with E-state index in [1.54, 1.807) is 29.2 Å². The number of hydrogen-bond acceptors (Lipinski definition) is 3. The molecule has 0 spiro atoms. The van der Waals surface area contributed by atoms with Crippen molar-refractivity contribution in [2.75, 3.05) is 26.2 Å². The number of carbonyl (C=O) groups is 1. The van der Waals surface area contributed by atoms with Crippen molar-refractivity contribution in [1.29, 1.82) is 0 Å². The van der Waals surface area contributed by atoms with Crippen LogP contribution in [0.5, 0.6) is 0 Å². The van der Waals surface area contributed by atoms with Gasteiger partial charge in [0.2, 0.25) is 10.0 Å². The molecule has 0 atom stereocenters. The largest absolute Gasteiger partial charge is 0.336 e. The van der Waals surface area contributed by atoms with E-state index in [1.807, 2.05) is 6.07 Å². The van der Waals surface area contributed by atoms with Crippen LogP contribution in [-0.2, 0) is 10.0 Å². The quantitative estimate of drug-likeness (QED) is 0.820. The molecule has 1 amide bonds. The Balaban J connectivity index is 1.72. The minimum atomic E-state index is -3.83. The molecule has 2 aromatic rings. The van der Waals surface area contributed by atoms with Gasteiger partial charge in [-0.15, -0.1) is 0 Å². The van der Waals surface area contributed by atoms with E-state index in [-0.39, 0.29) is 42.0 Å². The Morgan fingerprint density at radius 3 is 2.24 bits per heavy atom. The summed E-state index contributed by atoms with van der Waals surface area (Å²) in [4.78, 5) is 13.9. The van der Waals surface area contributed by atoms with Crippen molar-refractivity contribution in [1.82, 2.24) is 9.21 Å². The van der Waals surface area contributed by atoms with Gasteiger partial charge in [-0.05, 0) is 30.3 Å². The second-order valence-electron chi connectivity index (χ2n) is 5.64. The molecule has 132 valence electrons. The summed E-state index contributed by atoms with van der Waals surface area (Å²) < 4.78 is 39.8. The van der Waals surface area contributed by atoms with Crippen LogP contribution in [0.3, 0.4) is 0 Å². The first-order valence-electron chi connectivity index (χ1n) is 7.69. The molecule has 5 nitrogen and oxygen atoms in total. The maximum Gasteiger partial charge on any atom is 0.253 e. The molecule has 3 rings (SSSR count). The highest BCUT2D eigenvalue weighted by atomic mass is 35.5. The molecule has 0 aromatic heterocycles. The molecule has 0 radical (unpaired) electrons. The number of carbonyl (C=O) groups excluding carboxylic acids is 1. The van der Waals surface area contributed by atoms with E-state index in [9.17, 15) is 17.6 Å². The Bertz CT molecular complexity index is 882. The molecule has 0 unspecified atom stereocenters. The molecular weight excluding hydrogens is 367 g/mol. The highest BCUT2D eigenvalue weighted by Crippen LogP contribution is 2.26. The van der Waals surface area contributed by atoms with Crippen LogP contribution >= 0.6 is 11.6 Å². The first-order chi connectivity index (χ1) is 11.9. The fourth-order valence-corrected chi connectivity index (χ4v) is 4.65. The van der Waals surface area contributed by atoms with E-state index < -0.39 is 15.8 Å². The summed E-state index contributed by atoms with van der Waals surface area (Å²) in [5.74, 6) is -0.723. The topological polar surface area (TPSA) is 57.7 Å². The monoisotopic (exact) mass is 382 g/mol. The third-order valence-electron chi connectivity index (χ3n) is 4.06. The number of benzene rings is 2. The van der Waals surface area contributed by atoms with E-state index in [4.69, 9.17) is 11.6 Å². The molecule has 8 heteroatoms. The second-order valence-corrected chi connectivity index (χ2v) is 7.95. The van der Waals surface area contributed by atoms with Crippen LogP contribution in [0, 0.1) is 5.82 Å². The van der Waals surface area contributed by atoms with Crippen LogP contribution in [0.25, 0.3) is 0 Å². The summed E-state index contributed by atoms with van der Waals surface area (Å²) in [6.07, 6.45) is 0. The number of piperazine rings is 1. The molecule has 1 fully saturated rings.